The average Bonchev–Trinajstić information content (AvgIpc) is 2.46. The van der Waals surface area contributed by atoms with Crippen molar-refractivity contribution in [2.24, 2.45) is 5.73 Å². The molecule has 3 N–H and O–H groups in total. The molecule has 7 heteroatoms. The summed E-state index contributed by atoms with van der Waals surface area (Å²) in [5.74, 6) is 0.999. The molecule has 0 spiro atoms. The largest absolute Gasteiger partial charge is 0.465 e. The zero-order chi connectivity index (χ0) is 11.5. The van der Waals surface area contributed by atoms with Crippen LogP contribution in [0.15, 0.2) is 15.4 Å². The molecule has 94 valence electrons. The van der Waals surface area contributed by atoms with Crippen molar-refractivity contribution in [3.05, 3.63) is 17.6 Å². The lowest BCUT2D eigenvalue weighted by Crippen LogP contribution is -2.26. The van der Waals surface area contributed by atoms with E-state index in [4.69, 9.17) is 10.2 Å². The number of aryl methyl sites for hydroxylation is 2. The van der Waals surface area contributed by atoms with Crippen molar-refractivity contribution >= 4 is 22.4 Å². The van der Waals surface area contributed by atoms with E-state index < -0.39 is 10.0 Å². The minimum absolute atomic E-state index is 0. The van der Waals surface area contributed by atoms with Crippen molar-refractivity contribution in [3.8, 4) is 0 Å². The number of hydrogen-bond donors (Lipinski definition) is 2. The lowest BCUT2D eigenvalue weighted by atomic mass is 10.4. The zero-order valence-electron chi connectivity index (χ0n) is 9.32. The van der Waals surface area contributed by atoms with E-state index in [2.05, 4.69) is 4.72 Å². The molecule has 16 heavy (non-hydrogen) atoms. The first-order chi connectivity index (χ1) is 6.97. The van der Waals surface area contributed by atoms with Gasteiger partial charge in [0.1, 0.15) is 16.4 Å². The molecule has 5 nitrogen and oxygen atoms in total. The van der Waals surface area contributed by atoms with Crippen LogP contribution in [0.3, 0.4) is 0 Å². The second-order valence-corrected chi connectivity index (χ2v) is 5.05. The minimum atomic E-state index is -3.44. The van der Waals surface area contributed by atoms with Gasteiger partial charge >= 0.3 is 0 Å². The van der Waals surface area contributed by atoms with Crippen LogP contribution in [0.5, 0.6) is 0 Å². The molecule has 0 radical (unpaired) electrons. The molecule has 0 saturated heterocycles. The lowest BCUT2D eigenvalue weighted by Gasteiger charge is -2.03. The molecule has 0 aliphatic heterocycles. The number of sulfonamides is 1. The van der Waals surface area contributed by atoms with Crippen molar-refractivity contribution in [2.75, 3.05) is 13.1 Å². The van der Waals surface area contributed by atoms with Crippen molar-refractivity contribution in [1.29, 1.82) is 0 Å². The van der Waals surface area contributed by atoms with Crippen molar-refractivity contribution < 1.29 is 12.8 Å². The average molecular weight is 269 g/mol. The van der Waals surface area contributed by atoms with Gasteiger partial charge in [-0.25, -0.2) is 13.1 Å². The lowest BCUT2D eigenvalue weighted by molar-refractivity contribution is 0.495. The molecule has 1 heterocycles. The third-order valence-electron chi connectivity index (χ3n) is 1.96. The second-order valence-electron chi connectivity index (χ2n) is 3.32. The maximum absolute atomic E-state index is 11.7. The summed E-state index contributed by atoms with van der Waals surface area (Å²) in [6.45, 7) is 4.16. The number of nitrogens with one attached hydrogen (secondary N) is 1. The van der Waals surface area contributed by atoms with Crippen LogP contribution in [-0.4, -0.2) is 21.5 Å². The summed E-state index contributed by atoms with van der Waals surface area (Å²) in [5, 5.41) is 0. The highest BCUT2D eigenvalue weighted by Crippen LogP contribution is 2.18. The molecule has 1 rings (SSSR count). The Morgan fingerprint density at radius 3 is 2.50 bits per heavy atom. The number of rotatable bonds is 5. The third-order valence-corrected chi connectivity index (χ3v) is 3.53. The van der Waals surface area contributed by atoms with Gasteiger partial charge in [-0.3, -0.25) is 0 Å². The van der Waals surface area contributed by atoms with Crippen LogP contribution in [0.25, 0.3) is 0 Å². The monoisotopic (exact) mass is 268 g/mol. The Balaban J connectivity index is 0.00000225. The Kier molecular flexibility index (Phi) is 6.02. The summed E-state index contributed by atoms with van der Waals surface area (Å²) < 4.78 is 31.1. The van der Waals surface area contributed by atoms with Gasteiger partial charge in [-0.05, 0) is 32.9 Å². The minimum Gasteiger partial charge on any atom is -0.465 e. The maximum atomic E-state index is 11.7. The van der Waals surface area contributed by atoms with E-state index in [1.54, 1.807) is 13.8 Å². The molecular formula is C9H17ClN2O3S. The number of furan rings is 1. The first kappa shape index (κ1) is 15.4. The standard InChI is InChI=1S/C9H16N2O3S.ClH/c1-7-6-9(8(2)14-7)15(12,13)11-5-3-4-10;/h6,11H,3-5,10H2,1-2H3;1H. The molecule has 0 amide bonds. The van der Waals surface area contributed by atoms with Gasteiger partial charge in [-0.1, -0.05) is 0 Å². The Labute approximate surface area is 102 Å². The van der Waals surface area contributed by atoms with E-state index in [-0.39, 0.29) is 17.3 Å². The highest BCUT2D eigenvalue weighted by atomic mass is 35.5. The highest BCUT2D eigenvalue weighted by Gasteiger charge is 2.19. The maximum Gasteiger partial charge on any atom is 0.244 e. The fourth-order valence-electron chi connectivity index (χ4n) is 1.26. The first-order valence-corrected chi connectivity index (χ1v) is 6.22. The van der Waals surface area contributed by atoms with Gasteiger partial charge in [0.05, 0.1) is 0 Å². The fourth-order valence-corrected chi connectivity index (χ4v) is 2.57. The smallest absolute Gasteiger partial charge is 0.244 e. The van der Waals surface area contributed by atoms with E-state index in [1.807, 2.05) is 0 Å². The van der Waals surface area contributed by atoms with Crippen LogP contribution in [0.2, 0.25) is 0 Å². The summed E-state index contributed by atoms with van der Waals surface area (Å²) in [7, 11) is -3.44. The van der Waals surface area contributed by atoms with Crippen LogP contribution in [0, 0.1) is 13.8 Å². The Hall–Kier alpha value is -0.560. The highest BCUT2D eigenvalue weighted by molar-refractivity contribution is 7.89. The quantitative estimate of drug-likeness (QED) is 0.779. The molecule has 1 aromatic heterocycles. The summed E-state index contributed by atoms with van der Waals surface area (Å²) in [4.78, 5) is 0.206. The molecule has 0 atom stereocenters. The molecule has 0 unspecified atom stereocenters. The predicted octanol–water partition coefficient (Wildman–Crippen LogP) is 0.945. The molecule has 0 aliphatic carbocycles. The molecular weight excluding hydrogens is 252 g/mol. The molecule has 0 aliphatic rings. The normalized spacial score (nSPS) is 11.2. The summed E-state index contributed by atoms with van der Waals surface area (Å²) >= 11 is 0. The van der Waals surface area contributed by atoms with Crippen LogP contribution >= 0.6 is 12.4 Å². The van der Waals surface area contributed by atoms with E-state index in [9.17, 15) is 8.42 Å². The van der Waals surface area contributed by atoms with E-state index in [0.717, 1.165) is 0 Å². The zero-order valence-corrected chi connectivity index (χ0v) is 11.0. The molecule has 0 saturated carbocycles. The van der Waals surface area contributed by atoms with Crippen LogP contribution < -0.4 is 10.5 Å². The SMILES string of the molecule is Cc1cc(S(=O)(=O)NCCCN)c(C)o1.Cl. The molecule has 1 aromatic rings. The van der Waals surface area contributed by atoms with Gasteiger partial charge in [-0.15, -0.1) is 12.4 Å². The molecule has 0 fully saturated rings. The first-order valence-electron chi connectivity index (χ1n) is 4.74. The van der Waals surface area contributed by atoms with Gasteiger partial charge in [-0.2, -0.15) is 0 Å². The van der Waals surface area contributed by atoms with Crippen molar-refractivity contribution in [1.82, 2.24) is 4.72 Å². The number of hydrogen-bond acceptors (Lipinski definition) is 4. The van der Waals surface area contributed by atoms with Crippen molar-refractivity contribution in [3.63, 3.8) is 0 Å². The number of halogens is 1. The van der Waals surface area contributed by atoms with E-state index in [0.29, 0.717) is 31.0 Å². The Bertz CT molecular complexity index is 428. The summed E-state index contributed by atoms with van der Waals surface area (Å²) in [6, 6.07) is 1.51. The van der Waals surface area contributed by atoms with E-state index in [1.165, 1.54) is 6.07 Å². The van der Waals surface area contributed by atoms with Gasteiger partial charge in [0.2, 0.25) is 10.0 Å². The van der Waals surface area contributed by atoms with Gasteiger partial charge in [0.25, 0.3) is 0 Å². The van der Waals surface area contributed by atoms with E-state index >= 15 is 0 Å². The number of nitrogens with two attached hydrogens (primary N) is 1. The fraction of sp³-hybridized carbons (Fsp3) is 0.556. The Morgan fingerprint density at radius 2 is 2.06 bits per heavy atom. The topological polar surface area (TPSA) is 85.3 Å². The second kappa shape index (κ2) is 6.24. The third kappa shape index (κ3) is 3.79. The molecule has 0 aromatic carbocycles. The molecule has 0 bridgehead atoms. The van der Waals surface area contributed by atoms with Crippen LogP contribution in [0.1, 0.15) is 17.9 Å². The Morgan fingerprint density at radius 1 is 1.44 bits per heavy atom. The predicted molar refractivity (Wildman–Crippen MR) is 64.3 cm³/mol. The van der Waals surface area contributed by atoms with Gasteiger partial charge in [0.15, 0.2) is 0 Å². The van der Waals surface area contributed by atoms with Gasteiger partial charge in [0, 0.05) is 6.54 Å². The van der Waals surface area contributed by atoms with Gasteiger partial charge < -0.3 is 10.2 Å². The summed E-state index contributed by atoms with van der Waals surface area (Å²) in [5.41, 5.74) is 5.28. The van der Waals surface area contributed by atoms with Crippen LogP contribution in [-0.2, 0) is 10.0 Å². The van der Waals surface area contributed by atoms with Crippen LogP contribution in [0.4, 0.5) is 0 Å². The summed E-state index contributed by atoms with van der Waals surface area (Å²) in [6.07, 6.45) is 0.620. The van der Waals surface area contributed by atoms with Crippen molar-refractivity contribution in [2.45, 2.75) is 25.2 Å².